The Kier molecular flexibility index (Phi) is 3.90. The number of aromatic nitrogens is 1. The summed E-state index contributed by atoms with van der Waals surface area (Å²) in [6.45, 7) is 10.0. The fourth-order valence-corrected chi connectivity index (χ4v) is 3.13. The Morgan fingerprint density at radius 3 is 2.20 bits per heavy atom. The van der Waals surface area contributed by atoms with E-state index in [0.717, 1.165) is 23.4 Å². The van der Waals surface area contributed by atoms with Crippen molar-refractivity contribution in [3.8, 4) is 0 Å². The molecule has 0 bridgehead atoms. The number of thiazole rings is 1. The molecular formula is C12H21NOS. The Bertz CT molecular complexity index is 321. The van der Waals surface area contributed by atoms with Crippen molar-refractivity contribution in [3.05, 3.63) is 15.6 Å². The SMILES string of the molecule is CCC(CC)c1nc(C)c(C(C)(C)O)s1. The zero-order valence-corrected chi connectivity index (χ0v) is 11.1. The molecule has 86 valence electrons. The molecule has 1 aromatic heterocycles. The number of hydrogen-bond acceptors (Lipinski definition) is 3. The first-order valence-electron chi connectivity index (χ1n) is 5.60. The predicted molar refractivity (Wildman–Crippen MR) is 65.4 cm³/mol. The summed E-state index contributed by atoms with van der Waals surface area (Å²) in [4.78, 5) is 5.58. The minimum atomic E-state index is -0.758. The van der Waals surface area contributed by atoms with Gasteiger partial charge in [0.15, 0.2) is 0 Å². The highest BCUT2D eigenvalue weighted by Crippen LogP contribution is 2.34. The fraction of sp³-hybridized carbons (Fsp3) is 0.750. The van der Waals surface area contributed by atoms with Crippen LogP contribution in [-0.2, 0) is 5.60 Å². The molecule has 15 heavy (non-hydrogen) atoms. The van der Waals surface area contributed by atoms with E-state index in [2.05, 4.69) is 18.8 Å². The summed E-state index contributed by atoms with van der Waals surface area (Å²) in [5.41, 5.74) is 0.223. The quantitative estimate of drug-likeness (QED) is 0.852. The molecule has 0 saturated carbocycles. The molecule has 0 spiro atoms. The molecule has 1 aromatic rings. The van der Waals surface area contributed by atoms with E-state index in [1.54, 1.807) is 11.3 Å². The van der Waals surface area contributed by atoms with Crippen LogP contribution in [0.4, 0.5) is 0 Å². The summed E-state index contributed by atoms with van der Waals surface area (Å²) in [6.07, 6.45) is 2.24. The lowest BCUT2D eigenvalue weighted by Crippen LogP contribution is -2.14. The number of rotatable bonds is 4. The summed E-state index contributed by atoms with van der Waals surface area (Å²) in [5.74, 6) is 0.546. The van der Waals surface area contributed by atoms with Gasteiger partial charge < -0.3 is 5.11 Å². The van der Waals surface area contributed by atoms with Crippen LogP contribution in [0.5, 0.6) is 0 Å². The number of aliphatic hydroxyl groups is 1. The zero-order chi connectivity index (χ0) is 11.6. The second-order valence-corrected chi connectivity index (χ2v) is 5.57. The van der Waals surface area contributed by atoms with Gasteiger partial charge in [-0.1, -0.05) is 13.8 Å². The molecule has 2 nitrogen and oxygen atoms in total. The summed E-state index contributed by atoms with van der Waals surface area (Å²) in [6, 6.07) is 0. The lowest BCUT2D eigenvalue weighted by molar-refractivity contribution is 0.0817. The summed E-state index contributed by atoms with van der Waals surface area (Å²) < 4.78 is 0. The number of nitrogens with zero attached hydrogens (tertiary/aromatic N) is 1. The van der Waals surface area contributed by atoms with Crippen molar-refractivity contribution < 1.29 is 5.11 Å². The van der Waals surface area contributed by atoms with E-state index in [0.29, 0.717) is 5.92 Å². The van der Waals surface area contributed by atoms with Gasteiger partial charge in [-0.2, -0.15) is 0 Å². The number of hydrogen-bond donors (Lipinski definition) is 1. The van der Waals surface area contributed by atoms with Crippen LogP contribution in [-0.4, -0.2) is 10.1 Å². The first-order valence-corrected chi connectivity index (χ1v) is 6.41. The van der Waals surface area contributed by atoms with Gasteiger partial charge in [-0.3, -0.25) is 0 Å². The molecule has 0 aromatic carbocycles. The number of aryl methyl sites for hydroxylation is 1. The van der Waals surface area contributed by atoms with Crippen LogP contribution in [0.15, 0.2) is 0 Å². The van der Waals surface area contributed by atoms with Gasteiger partial charge in [-0.15, -0.1) is 11.3 Å². The second-order valence-electron chi connectivity index (χ2n) is 4.54. The average molecular weight is 227 g/mol. The molecule has 3 heteroatoms. The first kappa shape index (κ1) is 12.7. The summed E-state index contributed by atoms with van der Waals surface area (Å²) in [5, 5.41) is 11.2. The third-order valence-corrected chi connectivity index (χ3v) is 4.34. The second kappa shape index (κ2) is 4.62. The third-order valence-electron chi connectivity index (χ3n) is 2.70. The minimum absolute atomic E-state index is 0.546. The van der Waals surface area contributed by atoms with Crippen molar-refractivity contribution in [3.63, 3.8) is 0 Å². The Balaban J connectivity index is 3.05. The van der Waals surface area contributed by atoms with Crippen molar-refractivity contribution in [1.82, 2.24) is 4.98 Å². The molecule has 0 aliphatic heterocycles. The van der Waals surface area contributed by atoms with Crippen LogP contribution >= 0.6 is 11.3 Å². The molecule has 1 N–H and O–H groups in total. The van der Waals surface area contributed by atoms with Gasteiger partial charge in [0.2, 0.25) is 0 Å². The molecule has 0 aliphatic rings. The topological polar surface area (TPSA) is 33.1 Å². The summed E-state index contributed by atoms with van der Waals surface area (Å²) in [7, 11) is 0. The van der Waals surface area contributed by atoms with Crippen LogP contribution in [0.25, 0.3) is 0 Å². The highest BCUT2D eigenvalue weighted by atomic mass is 32.1. The highest BCUT2D eigenvalue weighted by Gasteiger charge is 2.24. The Labute approximate surface area is 96.4 Å². The van der Waals surface area contributed by atoms with Crippen molar-refractivity contribution in [2.24, 2.45) is 0 Å². The third kappa shape index (κ3) is 2.79. The normalized spacial score (nSPS) is 12.5. The highest BCUT2D eigenvalue weighted by molar-refractivity contribution is 7.12. The van der Waals surface area contributed by atoms with Gasteiger partial charge in [0.05, 0.1) is 21.2 Å². The van der Waals surface area contributed by atoms with E-state index >= 15 is 0 Å². The maximum atomic E-state index is 9.98. The van der Waals surface area contributed by atoms with Gasteiger partial charge >= 0.3 is 0 Å². The maximum Gasteiger partial charge on any atom is 0.0962 e. The average Bonchev–Trinajstić information content (AvgIpc) is 2.49. The van der Waals surface area contributed by atoms with Crippen LogP contribution in [0.1, 0.15) is 62.0 Å². The van der Waals surface area contributed by atoms with E-state index in [-0.39, 0.29) is 0 Å². The van der Waals surface area contributed by atoms with E-state index in [1.807, 2.05) is 20.8 Å². The molecule has 0 amide bonds. The smallest absolute Gasteiger partial charge is 0.0962 e. The predicted octanol–water partition coefficient (Wildman–Crippen LogP) is 3.58. The largest absolute Gasteiger partial charge is 0.385 e. The zero-order valence-electron chi connectivity index (χ0n) is 10.3. The van der Waals surface area contributed by atoms with Crippen LogP contribution < -0.4 is 0 Å². The summed E-state index contributed by atoms with van der Waals surface area (Å²) >= 11 is 1.66. The van der Waals surface area contributed by atoms with Crippen LogP contribution in [0, 0.1) is 6.92 Å². The molecule has 1 heterocycles. The molecule has 0 radical (unpaired) electrons. The molecule has 0 atom stereocenters. The van der Waals surface area contributed by atoms with Crippen LogP contribution in [0.2, 0.25) is 0 Å². The Morgan fingerprint density at radius 2 is 1.87 bits per heavy atom. The Hall–Kier alpha value is -0.410. The monoisotopic (exact) mass is 227 g/mol. The van der Waals surface area contributed by atoms with Crippen molar-refractivity contribution in [1.29, 1.82) is 0 Å². The van der Waals surface area contributed by atoms with E-state index in [4.69, 9.17) is 0 Å². The first-order chi connectivity index (χ1) is 6.90. The molecule has 0 aliphatic carbocycles. The molecule has 0 unspecified atom stereocenters. The van der Waals surface area contributed by atoms with E-state index in [9.17, 15) is 5.11 Å². The molecule has 0 fully saturated rings. The van der Waals surface area contributed by atoms with Gasteiger partial charge in [0.25, 0.3) is 0 Å². The minimum Gasteiger partial charge on any atom is -0.385 e. The van der Waals surface area contributed by atoms with E-state index < -0.39 is 5.60 Å². The van der Waals surface area contributed by atoms with Gasteiger partial charge in [-0.25, -0.2) is 4.98 Å². The lowest BCUT2D eigenvalue weighted by atomic mass is 10.0. The van der Waals surface area contributed by atoms with Crippen molar-refractivity contribution in [2.75, 3.05) is 0 Å². The molecule has 0 saturated heterocycles. The van der Waals surface area contributed by atoms with Crippen LogP contribution in [0.3, 0.4) is 0 Å². The molecular weight excluding hydrogens is 206 g/mol. The molecule has 1 rings (SSSR count). The van der Waals surface area contributed by atoms with Gasteiger partial charge in [-0.05, 0) is 33.6 Å². The van der Waals surface area contributed by atoms with E-state index in [1.165, 1.54) is 5.01 Å². The van der Waals surface area contributed by atoms with Gasteiger partial charge in [0.1, 0.15) is 0 Å². The Morgan fingerprint density at radius 1 is 1.33 bits per heavy atom. The standard InChI is InChI=1S/C12H21NOS/c1-6-9(7-2)11-13-8(3)10(15-11)12(4,5)14/h9,14H,6-7H2,1-5H3. The lowest BCUT2D eigenvalue weighted by Gasteiger charge is -2.15. The van der Waals surface area contributed by atoms with Crippen molar-refractivity contribution >= 4 is 11.3 Å². The van der Waals surface area contributed by atoms with Gasteiger partial charge in [0, 0.05) is 5.92 Å². The fourth-order valence-electron chi connectivity index (χ4n) is 1.80. The maximum absolute atomic E-state index is 9.98. The van der Waals surface area contributed by atoms with Crippen molar-refractivity contribution in [2.45, 2.75) is 59.0 Å².